The molecule has 160 valence electrons. The second kappa shape index (κ2) is 11.9. The van der Waals surface area contributed by atoms with Gasteiger partial charge < -0.3 is 9.47 Å². The molecule has 0 bridgehead atoms. The average Bonchev–Trinajstić information content (AvgIpc) is 2.75. The summed E-state index contributed by atoms with van der Waals surface area (Å²) in [6.45, 7) is 4.83. The van der Waals surface area contributed by atoms with Crippen LogP contribution in [0.5, 0.6) is 5.75 Å². The molecule has 1 aliphatic rings. The second-order valence-electron chi connectivity index (χ2n) is 7.26. The van der Waals surface area contributed by atoms with Gasteiger partial charge in [0.2, 0.25) is 0 Å². The van der Waals surface area contributed by atoms with Crippen LogP contribution >= 0.6 is 0 Å². The lowest BCUT2D eigenvalue weighted by Gasteiger charge is -2.27. The summed E-state index contributed by atoms with van der Waals surface area (Å²) < 4.78 is 10.8. The largest absolute Gasteiger partial charge is 0.494 e. The van der Waals surface area contributed by atoms with Crippen LogP contribution in [0.3, 0.4) is 0 Å². The molecule has 6 nitrogen and oxygen atoms in total. The van der Waals surface area contributed by atoms with Gasteiger partial charge in [-0.1, -0.05) is 44.7 Å². The molecule has 30 heavy (non-hydrogen) atoms. The normalized spacial score (nSPS) is 15.7. The van der Waals surface area contributed by atoms with E-state index < -0.39 is 11.8 Å². The zero-order valence-corrected chi connectivity index (χ0v) is 18.1. The Kier molecular flexibility index (Phi) is 9.30. The predicted octanol–water partition coefficient (Wildman–Crippen LogP) is 4.27. The van der Waals surface area contributed by atoms with Gasteiger partial charge in [-0.25, -0.2) is 0 Å². The summed E-state index contributed by atoms with van der Waals surface area (Å²) in [5, 5.41) is 9.39. The zero-order chi connectivity index (χ0) is 21.9. The van der Waals surface area contributed by atoms with E-state index in [1.165, 1.54) is 32.8 Å². The number of amides is 2. The Morgan fingerprint density at radius 3 is 2.37 bits per heavy atom. The van der Waals surface area contributed by atoms with Crippen molar-refractivity contribution in [2.45, 2.75) is 46.0 Å². The lowest BCUT2D eigenvalue weighted by molar-refractivity contribution is -0.141. The first-order valence-electron chi connectivity index (χ1n) is 10.4. The molecule has 0 saturated heterocycles. The van der Waals surface area contributed by atoms with Crippen LogP contribution in [0.2, 0.25) is 0 Å². The Morgan fingerprint density at radius 2 is 1.73 bits per heavy atom. The molecule has 1 aromatic rings. The van der Waals surface area contributed by atoms with Crippen LogP contribution in [-0.2, 0) is 14.3 Å². The minimum atomic E-state index is -0.572. The Labute approximate surface area is 178 Å². The maximum absolute atomic E-state index is 12.8. The molecule has 0 unspecified atom stereocenters. The predicted molar refractivity (Wildman–Crippen MR) is 116 cm³/mol. The van der Waals surface area contributed by atoms with Crippen LogP contribution in [-0.4, -0.2) is 43.6 Å². The van der Waals surface area contributed by atoms with Gasteiger partial charge in [0.05, 0.1) is 19.8 Å². The van der Waals surface area contributed by atoms with E-state index in [9.17, 15) is 14.9 Å². The number of unbranched alkanes of at least 4 members (excludes halogenated alkanes) is 4. The molecule has 6 heteroatoms. The van der Waals surface area contributed by atoms with Crippen LogP contribution < -0.4 is 4.74 Å². The number of nitrogens with zero attached hydrogens (tertiary/aromatic N) is 2. The van der Waals surface area contributed by atoms with Crippen molar-refractivity contribution in [3.05, 3.63) is 46.5 Å². The lowest BCUT2D eigenvalue weighted by Crippen LogP contribution is -2.44. The summed E-state index contributed by atoms with van der Waals surface area (Å²) in [6, 6.07) is 9.39. The van der Waals surface area contributed by atoms with E-state index in [4.69, 9.17) is 9.47 Å². The number of nitriles is 1. The van der Waals surface area contributed by atoms with E-state index in [-0.39, 0.29) is 18.7 Å². The van der Waals surface area contributed by atoms with Crippen LogP contribution in [0.25, 0.3) is 6.08 Å². The van der Waals surface area contributed by atoms with Gasteiger partial charge in [0.25, 0.3) is 11.8 Å². The molecular weight excluding hydrogens is 380 g/mol. The summed E-state index contributed by atoms with van der Waals surface area (Å²) in [5.41, 5.74) is 1.52. The summed E-state index contributed by atoms with van der Waals surface area (Å²) in [6.07, 6.45) is 7.64. The van der Waals surface area contributed by atoms with E-state index in [1.807, 2.05) is 30.3 Å². The Balaban J connectivity index is 2.12. The quantitative estimate of drug-likeness (QED) is 0.309. The number of ether oxygens (including phenoxy) is 2. The lowest BCUT2D eigenvalue weighted by atomic mass is 9.93. The molecule has 0 aliphatic carbocycles. The van der Waals surface area contributed by atoms with Gasteiger partial charge >= 0.3 is 0 Å². The van der Waals surface area contributed by atoms with Gasteiger partial charge in [-0.15, -0.1) is 0 Å². The molecule has 0 radical (unpaired) electrons. The van der Waals surface area contributed by atoms with Gasteiger partial charge in [0.1, 0.15) is 17.4 Å². The maximum atomic E-state index is 12.8. The fourth-order valence-corrected chi connectivity index (χ4v) is 3.24. The first kappa shape index (κ1) is 23.4. The zero-order valence-electron chi connectivity index (χ0n) is 18.1. The summed E-state index contributed by atoms with van der Waals surface area (Å²) in [5.74, 6) is -0.206. The molecule has 0 saturated carbocycles. The third kappa shape index (κ3) is 6.04. The highest BCUT2D eigenvalue weighted by Crippen LogP contribution is 2.27. The van der Waals surface area contributed by atoms with Gasteiger partial charge in [0.15, 0.2) is 0 Å². The molecule has 0 atom stereocenters. The van der Waals surface area contributed by atoms with Crippen molar-refractivity contribution in [3.8, 4) is 11.8 Å². The topological polar surface area (TPSA) is 79.6 Å². The third-order valence-corrected chi connectivity index (χ3v) is 5.05. The molecule has 0 fully saturated rings. The van der Waals surface area contributed by atoms with Crippen LogP contribution in [0.1, 0.15) is 51.5 Å². The summed E-state index contributed by atoms with van der Waals surface area (Å²) >= 11 is 0. The van der Waals surface area contributed by atoms with Crippen molar-refractivity contribution in [1.29, 1.82) is 5.26 Å². The second-order valence-corrected chi connectivity index (χ2v) is 7.26. The number of imide groups is 1. The van der Waals surface area contributed by atoms with E-state index in [2.05, 4.69) is 6.92 Å². The van der Waals surface area contributed by atoms with E-state index in [0.717, 1.165) is 22.6 Å². The molecular formula is C24H30N2O4. The Morgan fingerprint density at radius 1 is 1.03 bits per heavy atom. The standard InChI is InChI=1S/C24H30N2O4/c1-4-5-6-7-8-14-30-20-11-9-19(10-12-20)16-21-18(2)22(17-25)24(28)26(23(21)27)13-15-29-3/h9-12,16H,4-8,13-15H2,1-3H3/b21-16+. The number of hydrogen-bond acceptors (Lipinski definition) is 5. The highest BCUT2D eigenvalue weighted by atomic mass is 16.5. The molecule has 1 aromatic carbocycles. The number of methoxy groups -OCH3 is 1. The molecule has 1 heterocycles. The molecule has 0 N–H and O–H groups in total. The first-order valence-corrected chi connectivity index (χ1v) is 10.4. The fourth-order valence-electron chi connectivity index (χ4n) is 3.24. The summed E-state index contributed by atoms with van der Waals surface area (Å²) in [4.78, 5) is 26.3. The molecule has 2 amide bonds. The van der Waals surface area contributed by atoms with Gasteiger partial charge in [0, 0.05) is 12.7 Å². The monoisotopic (exact) mass is 410 g/mol. The minimum absolute atomic E-state index is 0.0139. The van der Waals surface area contributed by atoms with E-state index >= 15 is 0 Å². The number of rotatable bonds is 11. The van der Waals surface area contributed by atoms with E-state index in [0.29, 0.717) is 17.8 Å². The van der Waals surface area contributed by atoms with Crippen molar-refractivity contribution >= 4 is 17.9 Å². The average molecular weight is 411 g/mol. The van der Waals surface area contributed by atoms with Crippen molar-refractivity contribution in [2.24, 2.45) is 0 Å². The highest BCUT2D eigenvalue weighted by molar-refractivity contribution is 6.19. The van der Waals surface area contributed by atoms with Crippen LogP contribution in [0.15, 0.2) is 41.0 Å². The van der Waals surface area contributed by atoms with Crippen molar-refractivity contribution < 1.29 is 19.1 Å². The van der Waals surface area contributed by atoms with Crippen molar-refractivity contribution in [3.63, 3.8) is 0 Å². The highest BCUT2D eigenvalue weighted by Gasteiger charge is 2.35. The van der Waals surface area contributed by atoms with Gasteiger partial charge in [-0.3, -0.25) is 14.5 Å². The molecule has 1 aliphatic heterocycles. The number of carbonyl (C=O) groups is 2. The minimum Gasteiger partial charge on any atom is -0.494 e. The molecule has 0 aromatic heterocycles. The summed E-state index contributed by atoms with van der Waals surface area (Å²) in [7, 11) is 1.50. The molecule has 2 rings (SSSR count). The number of hydrogen-bond donors (Lipinski definition) is 0. The van der Waals surface area contributed by atoms with Gasteiger partial charge in [-0.2, -0.15) is 5.26 Å². The smallest absolute Gasteiger partial charge is 0.271 e. The van der Waals surface area contributed by atoms with E-state index in [1.54, 1.807) is 13.0 Å². The van der Waals surface area contributed by atoms with Crippen molar-refractivity contribution in [2.75, 3.05) is 26.9 Å². The van der Waals surface area contributed by atoms with Crippen LogP contribution in [0, 0.1) is 11.3 Å². The van der Waals surface area contributed by atoms with Crippen molar-refractivity contribution in [1.82, 2.24) is 4.90 Å². The van der Waals surface area contributed by atoms with Gasteiger partial charge in [-0.05, 0) is 42.7 Å². The number of carbonyl (C=O) groups excluding carboxylic acids is 2. The SMILES string of the molecule is CCCCCCCOc1ccc(/C=C2/C(=O)N(CCOC)C(=O)C(C#N)=C2C)cc1. The number of benzene rings is 1. The Bertz CT molecular complexity index is 847. The molecule has 0 spiro atoms. The third-order valence-electron chi connectivity index (χ3n) is 5.05. The first-order chi connectivity index (χ1) is 14.5. The maximum Gasteiger partial charge on any atom is 0.271 e. The Hall–Kier alpha value is -2.91. The van der Waals surface area contributed by atoms with Crippen LogP contribution in [0.4, 0.5) is 0 Å². The fraction of sp³-hybridized carbons (Fsp3) is 0.458.